The molecular weight excluding hydrogens is 218 g/mol. The molecule has 1 aliphatic carbocycles. The third-order valence-electron chi connectivity index (χ3n) is 3.99. The van der Waals surface area contributed by atoms with Gasteiger partial charge in [-0.25, -0.2) is 0 Å². The fraction of sp³-hybridized carbons (Fsp3) is 0.769. The van der Waals surface area contributed by atoms with Crippen molar-refractivity contribution >= 4 is 5.91 Å². The number of amides is 1. The number of aliphatic hydroxyl groups is 1. The van der Waals surface area contributed by atoms with Crippen LogP contribution in [0.3, 0.4) is 0 Å². The van der Waals surface area contributed by atoms with Gasteiger partial charge in [-0.2, -0.15) is 0 Å². The van der Waals surface area contributed by atoms with E-state index < -0.39 is 5.60 Å². The molecule has 2 rings (SSSR count). The van der Waals surface area contributed by atoms with Crippen LogP contribution in [0.25, 0.3) is 0 Å². The quantitative estimate of drug-likeness (QED) is 0.701. The van der Waals surface area contributed by atoms with E-state index in [9.17, 15) is 9.90 Å². The SMILES string of the molecule is CC#CC(=O)NCC1(C2(O)CCOCC2)CC1. The first-order valence-corrected chi connectivity index (χ1v) is 6.13. The Bertz CT molecular complexity index is 357. The molecule has 2 fully saturated rings. The topological polar surface area (TPSA) is 58.6 Å². The van der Waals surface area contributed by atoms with Gasteiger partial charge in [0, 0.05) is 38.0 Å². The van der Waals surface area contributed by atoms with Crippen LogP contribution in [0, 0.1) is 17.3 Å². The highest BCUT2D eigenvalue weighted by Crippen LogP contribution is 2.56. The number of rotatable bonds is 3. The molecule has 0 aromatic heterocycles. The van der Waals surface area contributed by atoms with Crippen LogP contribution >= 0.6 is 0 Å². The van der Waals surface area contributed by atoms with Crippen LogP contribution in [0.2, 0.25) is 0 Å². The van der Waals surface area contributed by atoms with Gasteiger partial charge in [0.25, 0.3) is 5.91 Å². The first-order valence-electron chi connectivity index (χ1n) is 6.13. The summed E-state index contributed by atoms with van der Waals surface area (Å²) < 4.78 is 5.28. The third-order valence-corrected chi connectivity index (χ3v) is 3.99. The van der Waals surface area contributed by atoms with Gasteiger partial charge in [-0.1, -0.05) is 5.92 Å². The molecule has 2 aliphatic rings. The average Bonchev–Trinajstić information content (AvgIpc) is 3.09. The van der Waals surface area contributed by atoms with Crippen molar-refractivity contribution in [3.05, 3.63) is 0 Å². The van der Waals surface area contributed by atoms with Crippen molar-refractivity contribution < 1.29 is 14.6 Å². The predicted octanol–water partition coefficient (Wildman–Crippen LogP) is 0.448. The smallest absolute Gasteiger partial charge is 0.295 e. The van der Waals surface area contributed by atoms with Crippen LogP contribution in [0.15, 0.2) is 0 Å². The molecule has 0 radical (unpaired) electrons. The maximum absolute atomic E-state index is 11.3. The zero-order valence-electron chi connectivity index (χ0n) is 10.2. The average molecular weight is 237 g/mol. The Kier molecular flexibility index (Phi) is 3.41. The van der Waals surface area contributed by atoms with E-state index in [1.54, 1.807) is 6.92 Å². The van der Waals surface area contributed by atoms with Gasteiger partial charge in [0.15, 0.2) is 0 Å². The molecule has 4 nitrogen and oxygen atoms in total. The summed E-state index contributed by atoms with van der Waals surface area (Å²) in [5.74, 6) is 4.77. The molecule has 1 heterocycles. The van der Waals surface area contributed by atoms with E-state index in [2.05, 4.69) is 17.2 Å². The summed E-state index contributed by atoms with van der Waals surface area (Å²) in [4.78, 5) is 11.3. The van der Waals surface area contributed by atoms with Gasteiger partial charge in [-0.05, 0) is 25.7 Å². The van der Waals surface area contributed by atoms with Gasteiger partial charge in [0.2, 0.25) is 0 Å². The second-order valence-corrected chi connectivity index (χ2v) is 4.98. The Hall–Kier alpha value is -1.05. The fourth-order valence-corrected chi connectivity index (χ4v) is 2.60. The van der Waals surface area contributed by atoms with Crippen molar-refractivity contribution in [1.82, 2.24) is 5.32 Å². The van der Waals surface area contributed by atoms with Crippen LogP contribution in [0.5, 0.6) is 0 Å². The van der Waals surface area contributed by atoms with Gasteiger partial charge in [-0.3, -0.25) is 4.79 Å². The van der Waals surface area contributed by atoms with E-state index in [1.165, 1.54) is 0 Å². The maximum Gasteiger partial charge on any atom is 0.295 e. The molecule has 17 heavy (non-hydrogen) atoms. The van der Waals surface area contributed by atoms with Gasteiger partial charge in [-0.15, -0.1) is 0 Å². The standard InChI is InChI=1S/C13H19NO3/c1-2-3-11(15)14-10-12(4-5-12)13(16)6-8-17-9-7-13/h16H,4-10H2,1H3,(H,14,15). The monoisotopic (exact) mass is 237 g/mol. The highest BCUT2D eigenvalue weighted by Gasteiger charge is 2.58. The molecule has 0 bridgehead atoms. The van der Waals surface area contributed by atoms with Crippen molar-refractivity contribution in [3.8, 4) is 11.8 Å². The van der Waals surface area contributed by atoms with E-state index in [4.69, 9.17) is 4.74 Å². The van der Waals surface area contributed by atoms with Crippen molar-refractivity contribution in [2.45, 2.75) is 38.2 Å². The van der Waals surface area contributed by atoms with E-state index >= 15 is 0 Å². The molecule has 1 amide bonds. The summed E-state index contributed by atoms with van der Waals surface area (Å²) in [6.07, 6.45) is 3.29. The summed E-state index contributed by atoms with van der Waals surface area (Å²) >= 11 is 0. The molecule has 0 spiro atoms. The number of ether oxygens (including phenoxy) is 1. The predicted molar refractivity (Wildman–Crippen MR) is 63.1 cm³/mol. The highest BCUT2D eigenvalue weighted by molar-refractivity contribution is 5.93. The second-order valence-electron chi connectivity index (χ2n) is 4.98. The summed E-state index contributed by atoms with van der Waals surface area (Å²) in [7, 11) is 0. The molecule has 2 N–H and O–H groups in total. The molecule has 0 unspecified atom stereocenters. The Morgan fingerprint density at radius 1 is 1.35 bits per heavy atom. The fourth-order valence-electron chi connectivity index (χ4n) is 2.60. The van der Waals surface area contributed by atoms with Crippen LogP contribution in [-0.2, 0) is 9.53 Å². The minimum Gasteiger partial charge on any atom is -0.389 e. The molecule has 1 aliphatic heterocycles. The zero-order chi connectivity index (χ0) is 12.4. The second kappa shape index (κ2) is 4.67. The van der Waals surface area contributed by atoms with E-state index in [0.717, 1.165) is 12.8 Å². The van der Waals surface area contributed by atoms with Crippen molar-refractivity contribution in [2.24, 2.45) is 5.41 Å². The number of carbonyl (C=O) groups is 1. The maximum atomic E-state index is 11.3. The largest absolute Gasteiger partial charge is 0.389 e. The highest BCUT2D eigenvalue weighted by atomic mass is 16.5. The van der Waals surface area contributed by atoms with E-state index in [0.29, 0.717) is 32.6 Å². The molecular formula is C13H19NO3. The van der Waals surface area contributed by atoms with Gasteiger partial charge in [0.1, 0.15) is 0 Å². The molecule has 0 atom stereocenters. The molecule has 0 aromatic rings. The van der Waals surface area contributed by atoms with Crippen molar-refractivity contribution in [2.75, 3.05) is 19.8 Å². The summed E-state index contributed by atoms with van der Waals surface area (Å²) in [5, 5.41) is 13.4. The first-order chi connectivity index (χ1) is 8.12. The van der Waals surface area contributed by atoms with Gasteiger partial charge in [0.05, 0.1) is 5.60 Å². The van der Waals surface area contributed by atoms with Crippen LogP contribution in [0.4, 0.5) is 0 Å². The first kappa shape index (κ1) is 12.4. The molecule has 1 saturated carbocycles. The van der Waals surface area contributed by atoms with Crippen LogP contribution in [0.1, 0.15) is 32.6 Å². The Morgan fingerprint density at radius 2 is 2.00 bits per heavy atom. The minimum absolute atomic E-state index is 0.137. The lowest BCUT2D eigenvalue weighted by Gasteiger charge is -2.39. The normalized spacial score (nSPS) is 24.4. The summed E-state index contributed by atoms with van der Waals surface area (Å²) in [6, 6.07) is 0. The number of nitrogens with one attached hydrogen (secondary N) is 1. The van der Waals surface area contributed by atoms with Crippen molar-refractivity contribution in [3.63, 3.8) is 0 Å². The Morgan fingerprint density at radius 3 is 2.53 bits per heavy atom. The Balaban J connectivity index is 1.94. The van der Waals surface area contributed by atoms with E-state index in [1.807, 2.05) is 0 Å². The minimum atomic E-state index is -0.668. The van der Waals surface area contributed by atoms with Crippen molar-refractivity contribution in [1.29, 1.82) is 0 Å². The summed E-state index contributed by atoms with van der Waals surface area (Å²) in [6.45, 7) is 3.39. The lowest BCUT2D eigenvalue weighted by molar-refractivity contribution is -0.120. The molecule has 0 aromatic carbocycles. The number of hydrogen-bond acceptors (Lipinski definition) is 3. The van der Waals surface area contributed by atoms with Gasteiger partial charge < -0.3 is 15.2 Å². The number of hydrogen-bond donors (Lipinski definition) is 2. The van der Waals surface area contributed by atoms with Gasteiger partial charge >= 0.3 is 0 Å². The lowest BCUT2D eigenvalue weighted by atomic mass is 9.78. The third kappa shape index (κ3) is 2.46. The molecule has 94 valence electrons. The summed E-state index contributed by atoms with van der Waals surface area (Å²) in [5.41, 5.74) is -0.806. The molecule has 1 saturated heterocycles. The lowest BCUT2D eigenvalue weighted by Crippen LogP contribution is -2.49. The van der Waals surface area contributed by atoms with Crippen LogP contribution in [-0.4, -0.2) is 36.4 Å². The molecule has 4 heteroatoms. The van der Waals surface area contributed by atoms with Crippen LogP contribution < -0.4 is 5.32 Å². The zero-order valence-corrected chi connectivity index (χ0v) is 10.2. The Labute approximate surface area is 102 Å². The van der Waals surface area contributed by atoms with E-state index in [-0.39, 0.29) is 11.3 Å². The number of carbonyl (C=O) groups excluding carboxylic acids is 1.